The van der Waals surface area contributed by atoms with Crippen LogP contribution in [-0.2, 0) is 11.2 Å². The summed E-state index contributed by atoms with van der Waals surface area (Å²) >= 11 is 12.7. The Hall–Kier alpha value is -2.80. The third-order valence-electron chi connectivity index (χ3n) is 3.78. The molecule has 3 N–H and O–H groups in total. The van der Waals surface area contributed by atoms with E-state index in [9.17, 15) is 14.4 Å². The fraction of sp³-hybridized carbons (Fsp3) is 0.125. The molecule has 0 saturated carbocycles. The van der Waals surface area contributed by atoms with E-state index in [0.29, 0.717) is 15.6 Å². The summed E-state index contributed by atoms with van der Waals surface area (Å²) in [5.41, 5.74) is 6.38. The van der Waals surface area contributed by atoms with E-state index in [1.165, 1.54) is 17.2 Å². The zero-order chi connectivity index (χ0) is 19.7. The van der Waals surface area contributed by atoms with E-state index >= 15 is 0 Å². The predicted molar refractivity (Wildman–Crippen MR) is 98.8 cm³/mol. The van der Waals surface area contributed by atoms with E-state index in [4.69, 9.17) is 34.2 Å². The zero-order valence-electron chi connectivity index (χ0n) is 13.4. The molecule has 8 nitrogen and oxygen atoms in total. The van der Waals surface area contributed by atoms with Crippen LogP contribution in [0.1, 0.15) is 24.9 Å². The number of primary amides is 1. The number of nitrogens with one attached hydrogen (secondary N) is 1. The number of urea groups is 1. The van der Waals surface area contributed by atoms with Gasteiger partial charge in [0.1, 0.15) is 15.9 Å². The van der Waals surface area contributed by atoms with Crippen molar-refractivity contribution in [2.24, 2.45) is 5.73 Å². The normalized spacial score (nSPS) is 15.5. The molecule has 138 valence electrons. The summed E-state index contributed by atoms with van der Waals surface area (Å²) in [6.07, 6.45) is 0.681. The molecule has 2 heterocycles. The Balaban J connectivity index is 1.97. The Morgan fingerprint density at radius 1 is 1.33 bits per heavy atom. The molecular weight excluding hydrogens is 415 g/mol. The number of halogens is 2. The molecule has 1 aliphatic rings. The minimum atomic E-state index is -0.921. The topological polar surface area (TPSA) is 126 Å². The first-order valence-corrected chi connectivity index (χ1v) is 8.96. The number of hydrogen-bond acceptors (Lipinski definition) is 6. The molecule has 1 unspecified atom stereocenters. The number of ether oxygens (including phenoxy) is 1. The predicted octanol–water partition coefficient (Wildman–Crippen LogP) is 2.89. The van der Waals surface area contributed by atoms with E-state index < -0.39 is 24.1 Å². The summed E-state index contributed by atoms with van der Waals surface area (Å²) in [4.78, 5) is 37.5. The molecule has 1 aliphatic heterocycles. The Morgan fingerprint density at radius 3 is 2.70 bits per heavy atom. The Morgan fingerprint density at radius 2 is 2.07 bits per heavy atom. The smallest absolute Gasteiger partial charge is 0.351 e. The van der Waals surface area contributed by atoms with Crippen molar-refractivity contribution in [3.63, 3.8) is 0 Å². The fourth-order valence-electron chi connectivity index (χ4n) is 2.67. The lowest BCUT2D eigenvalue weighted by molar-refractivity contribution is 0.0690. The van der Waals surface area contributed by atoms with Crippen LogP contribution in [0.5, 0.6) is 0 Å². The molecular formula is C16H10Cl2N4O4S. The Kier molecular flexibility index (Phi) is 5.23. The van der Waals surface area contributed by atoms with Crippen molar-refractivity contribution in [1.82, 2.24) is 5.32 Å². The highest BCUT2D eigenvalue weighted by Crippen LogP contribution is 2.35. The number of nitriles is 1. The largest absolute Gasteiger partial charge is 0.363 e. The average molecular weight is 425 g/mol. The molecule has 3 amide bonds. The van der Waals surface area contributed by atoms with Crippen LogP contribution in [0.4, 0.5) is 10.5 Å². The number of rotatable bonds is 3. The van der Waals surface area contributed by atoms with E-state index in [-0.39, 0.29) is 21.9 Å². The van der Waals surface area contributed by atoms with Crippen molar-refractivity contribution in [2.75, 3.05) is 4.90 Å². The van der Waals surface area contributed by atoms with Gasteiger partial charge in [0.25, 0.3) is 12.2 Å². The van der Waals surface area contributed by atoms with Crippen molar-refractivity contribution in [3.05, 3.63) is 49.6 Å². The van der Waals surface area contributed by atoms with E-state index in [0.717, 1.165) is 11.3 Å². The molecule has 0 saturated heterocycles. The molecule has 0 aliphatic carbocycles. The van der Waals surface area contributed by atoms with Crippen LogP contribution in [-0.4, -0.2) is 24.1 Å². The van der Waals surface area contributed by atoms with Gasteiger partial charge in [-0.25, -0.2) is 9.59 Å². The van der Waals surface area contributed by atoms with E-state index in [2.05, 4.69) is 10.1 Å². The monoisotopic (exact) mass is 424 g/mol. The first kappa shape index (κ1) is 19.0. The molecule has 0 spiro atoms. The summed E-state index contributed by atoms with van der Waals surface area (Å²) in [6.45, 7) is 0. The lowest BCUT2D eigenvalue weighted by Crippen LogP contribution is -2.57. The fourth-order valence-corrected chi connectivity index (χ4v) is 3.92. The molecule has 11 heteroatoms. The van der Waals surface area contributed by atoms with Gasteiger partial charge in [-0.1, -0.05) is 29.3 Å². The van der Waals surface area contributed by atoms with Gasteiger partial charge >= 0.3 is 12.0 Å². The van der Waals surface area contributed by atoms with Crippen LogP contribution in [0.25, 0.3) is 0 Å². The van der Waals surface area contributed by atoms with Crippen LogP contribution >= 0.6 is 34.5 Å². The highest BCUT2D eigenvalue weighted by molar-refractivity contribution is 7.16. The van der Waals surface area contributed by atoms with Crippen LogP contribution in [0.3, 0.4) is 0 Å². The van der Waals surface area contributed by atoms with Crippen molar-refractivity contribution < 1.29 is 19.1 Å². The van der Waals surface area contributed by atoms with Crippen LogP contribution in [0.15, 0.2) is 24.3 Å². The first-order chi connectivity index (χ1) is 12.8. The highest BCUT2D eigenvalue weighted by atomic mass is 35.5. The summed E-state index contributed by atoms with van der Waals surface area (Å²) < 4.78 is 4.27. The van der Waals surface area contributed by atoms with Crippen molar-refractivity contribution in [1.29, 1.82) is 5.26 Å². The van der Waals surface area contributed by atoms with E-state index in [1.54, 1.807) is 18.2 Å². The molecule has 0 radical (unpaired) electrons. The number of fused-ring (bicyclic) bond motifs is 1. The highest BCUT2D eigenvalue weighted by Gasteiger charge is 2.37. The Bertz CT molecular complexity index is 1000. The van der Waals surface area contributed by atoms with Gasteiger partial charge in [0, 0.05) is 6.42 Å². The maximum atomic E-state index is 12.4. The lowest BCUT2D eigenvalue weighted by atomic mass is 10.1. The van der Waals surface area contributed by atoms with Gasteiger partial charge in [0.2, 0.25) is 0 Å². The number of carbonyl (C=O) groups excluding carboxylic acids is 3. The summed E-state index contributed by atoms with van der Waals surface area (Å²) in [5, 5.41) is 11.9. The van der Waals surface area contributed by atoms with Crippen molar-refractivity contribution in [3.8, 4) is 6.26 Å². The third-order valence-corrected chi connectivity index (χ3v) is 5.62. The summed E-state index contributed by atoms with van der Waals surface area (Å²) in [5.74, 6) is -1.40. The van der Waals surface area contributed by atoms with Crippen LogP contribution in [0, 0.1) is 11.5 Å². The van der Waals surface area contributed by atoms with Gasteiger partial charge in [-0.15, -0.1) is 16.6 Å². The molecule has 0 bridgehead atoms. The number of carbonyl (C=O) groups is 3. The number of amides is 3. The SMILES string of the molecule is N#COC(=O)c1cc2c(s1)C(=O)NC(Cc1ccc(Cl)c(Cl)c1)N2C(N)=O. The second kappa shape index (κ2) is 7.44. The number of esters is 1. The minimum Gasteiger partial charge on any atom is -0.351 e. The number of thiophene rings is 1. The minimum absolute atomic E-state index is 0.00172. The van der Waals surface area contributed by atoms with Gasteiger partial charge in [-0.3, -0.25) is 9.69 Å². The second-order valence-corrected chi connectivity index (χ2v) is 7.32. The van der Waals surface area contributed by atoms with Crippen LogP contribution < -0.4 is 16.0 Å². The molecule has 3 rings (SSSR count). The molecule has 1 aromatic heterocycles. The van der Waals surface area contributed by atoms with Crippen LogP contribution in [0.2, 0.25) is 10.0 Å². The molecule has 1 atom stereocenters. The average Bonchev–Trinajstić information content (AvgIpc) is 3.04. The summed E-state index contributed by atoms with van der Waals surface area (Å²) in [6, 6.07) is 5.40. The molecule has 2 aromatic rings. The number of benzene rings is 1. The standard InChI is InChI=1S/C16H10Cl2N4O4S/c17-8-2-1-7(3-9(8)18)4-12-21-14(23)13-10(22(12)16(20)25)5-11(27-13)15(24)26-6-19/h1-3,5,12H,4H2,(H2,20,25)(H,21,23). The lowest BCUT2D eigenvalue weighted by Gasteiger charge is -2.34. The van der Waals surface area contributed by atoms with Gasteiger partial charge in [-0.2, -0.15) is 0 Å². The molecule has 1 aromatic carbocycles. The second-order valence-electron chi connectivity index (χ2n) is 5.46. The quantitative estimate of drug-likeness (QED) is 0.578. The maximum Gasteiger partial charge on any atom is 0.363 e. The van der Waals surface area contributed by atoms with Gasteiger partial charge in [0.05, 0.1) is 15.7 Å². The zero-order valence-corrected chi connectivity index (χ0v) is 15.7. The number of anilines is 1. The number of nitrogens with two attached hydrogens (primary N) is 1. The van der Waals surface area contributed by atoms with E-state index in [1.807, 2.05) is 0 Å². The first-order valence-electron chi connectivity index (χ1n) is 7.39. The maximum absolute atomic E-state index is 12.4. The molecule has 27 heavy (non-hydrogen) atoms. The van der Waals surface area contributed by atoms with Gasteiger partial charge in [-0.05, 0) is 23.8 Å². The molecule has 0 fully saturated rings. The summed E-state index contributed by atoms with van der Waals surface area (Å²) in [7, 11) is 0. The van der Waals surface area contributed by atoms with Crippen molar-refractivity contribution in [2.45, 2.75) is 12.6 Å². The van der Waals surface area contributed by atoms with Crippen molar-refractivity contribution >= 4 is 58.1 Å². The van der Waals surface area contributed by atoms with Gasteiger partial charge < -0.3 is 15.8 Å². The number of nitrogens with zero attached hydrogens (tertiary/aromatic N) is 2. The number of hydrogen-bond donors (Lipinski definition) is 2. The van der Waals surface area contributed by atoms with Gasteiger partial charge in [0.15, 0.2) is 0 Å². The third kappa shape index (κ3) is 3.68. The Labute approximate surface area is 167 Å².